The molecule has 1 aliphatic rings. The Morgan fingerprint density at radius 3 is 3.13 bits per heavy atom. The van der Waals surface area contributed by atoms with Gasteiger partial charge in [-0.2, -0.15) is 0 Å². The summed E-state index contributed by atoms with van der Waals surface area (Å²) in [6.07, 6.45) is 1.62. The van der Waals surface area contributed by atoms with Gasteiger partial charge in [-0.1, -0.05) is 6.07 Å². The minimum absolute atomic E-state index is 0.186. The van der Waals surface area contributed by atoms with E-state index in [2.05, 4.69) is 0 Å². The molecule has 0 bridgehead atoms. The lowest BCUT2D eigenvalue weighted by molar-refractivity contribution is 0.122. The van der Waals surface area contributed by atoms with Crippen LogP contribution in [-0.2, 0) is 6.42 Å². The average Bonchev–Trinajstić information content (AvgIpc) is 2.57. The molecule has 2 atom stereocenters. The van der Waals surface area contributed by atoms with Crippen molar-refractivity contribution in [1.29, 1.82) is 0 Å². The molecule has 1 aliphatic carbocycles. The minimum atomic E-state index is -0.430. The largest absolute Gasteiger partial charge is 0.491 e. The first-order chi connectivity index (χ1) is 7.16. The molecule has 0 aromatic heterocycles. The lowest BCUT2D eigenvalue weighted by Crippen LogP contribution is -2.13. The van der Waals surface area contributed by atoms with E-state index in [0.29, 0.717) is 6.61 Å². The van der Waals surface area contributed by atoms with Crippen LogP contribution in [-0.4, -0.2) is 17.8 Å². The number of benzene rings is 1. The van der Waals surface area contributed by atoms with Gasteiger partial charge in [0.15, 0.2) is 0 Å². The number of rotatable bonds is 3. The highest BCUT2D eigenvalue weighted by Crippen LogP contribution is 2.31. The van der Waals surface area contributed by atoms with Crippen LogP contribution in [0.2, 0.25) is 0 Å². The molecule has 0 radical (unpaired) electrons. The summed E-state index contributed by atoms with van der Waals surface area (Å²) in [6, 6.07) is 6.17. The van der Waals surface area contributed by atoms with Crippen molar-refractivity contribution in [2.45, 2.75) is 31.9 Å². The number of hydrogen-bond donors (Lipinski definition) is 2. The van der Waals surface area contributed by atoms with E-state index in [4.69, 9.17) is 15.6 Å². The van der Waals surface area contributed by atoms with Crippen LogP contribution in [0.5, 0.6) is 5.75 Å². The smallest absolute Gasteiger partial charge is 0.119 e. The van der Waals surface area contributed by atoms with Crippen molar-refractivity contribution >= 4 is 0 Å². The number of ether oxygens (including phenoxy) is 1. The number of fused-ring (bicyclic) bond motifs is 1. The van der Waals surface area contributed by atoms with Gasteiger partial charge in [0, 0.05) is 6.04 Å². The van der Waals surface area contributed by atoms with Crippen LogP contribution in [0.1, 0.15) is 30.5 Å². The second kappa shape index (κ2) is 4.21. The van der Waals surface area contributed by atoms with Crippen molar-refractivity contribution in [2.24, 2.45) is 5.73 Å². The Labute approximate surface area is 89.9 Å². The lowest BCUT2D eigenvalue weighted by atomic mass is 10.1. The predicted molar refractivity (Wildman–Crippen MR) is 58.9 cm³/mol. The van der Waals surface area contributed by atoms with Gasteiger partial charge in [-0.3, -0.25) is 0 Å². The van der Waals surface area contributed by atoms with Crippen LogP contribution in [0, 0.1) is 0 Å². The Hall–Kier alpha value is -1.06. The SMILES string of the molecule is CC(O)COc1ccc2c(c1)CCC2N. The molecule has 15 heavy (non-hydrogen) atoms. The molecule has 3 nitrogen and oxygen atoms in total. The third kappa shape index (κ3) is 2.30. The number of aryl methyl sites for hydroxylation is 1. The van der Waals surface area contributed by atoms with Gasteiger partial charge in [0.2, 0.25) is 0 Å². The van der Waals surface area contributed by atoms with Gasteiger partial charge in [-0.05, 0) is 43.0 Å². The van der Waals surface area contributed by atoms with Gasteiger partial charge < -0.3 is 15.6 Å². The molecule has 0 saturated carbocycles. The fourth-order valence-electron chi connectivity index (χ4n) is 1.93. The summed E-state index contributed by atoms with van der Waals surface area (Å²) in [6.45, 7) is 2.05. The maximum absolute atomic E-state index is 9.10. The molecule has 3 N–H and O–H groups in total. The van der Waals surface area contributed by atoms with Gasteiger partial charge in [-0.15, -0.1) is 0 Å². The van der Waals surface area contributed by atoms with Gasteiger partial charge in [-0.25, -0.2) is 0 Å². The molecule has 0 amide bonds. The molecule has 82 valence electrons. The van der Waals surface area contributed by atoms with Crippen LogP contribution < -0.4 is 10.5 Å². The van der Waals surface area contributed by atoms with Crippen molar-refractivity contribution in [3.63, 3.8) is 0 Å². The molecule has 0 saturated heterocycles. The number of aliphatic hydroxyl groups is 1. The van der Waals surface area contributed by atoms with Crippen LogP contribution in [0.3, 0.4) is 0 Å². The van der Waals surface area contributed by atoms with Crippen LogP contribution in [0.15, 0.2) is 18.2 Å². The van der Waals surface area contributed by atoms with Gasteiger partial charge in [0.05, 0.1) is 6.10 Å². The minimum Gasteiger partial charge on any atom is -0.491 e. The Kier molecular flexibility index (Phi) is 2.93. The van der Waals surface area contributed by atoms with E-state index < -0.39 is 6.10 Å². The van der Waals surface area contributed by atoms with E-state index in [1.54, 1.807) is 6.92 Å². The van der Waals surface area contributed by atoms with E-state index in [1.807, 2.05) is 18.2 Å². The van der Waals surface area contributed by atoms with Crippen molar-refractivity contribution in [3.8, 4) is 5.75 Å². The molecule has 0 aliphatic heterocycles. The summed E-state index contributed by atoms with van der Waals surface area (Å²) >= 11 is 0. The molecule has 0 heterocycles. The van der Waals surface area contributed by atoms with Gasteiger partial charge >= 0.3 is 0 Å². The summed E-state index contributed by atoms with van der Waals surface area (Å²) in [4.78, 5) is 0. The summed E-state index contributed by atoms with van der Waals surface area (Å²) in [7, 11) is 0. The van der Waals surface area contributed by atoms with E-state index >= 15 is 0 Å². The first-order valence-corrected chi connectivity index (χ1v) is 5.36. The standard InChI is InChI=1S/C12H17NO2/c1-8(14)7-15-10-3-4-11-9(6-10)2-5-12(11)13/h3-4,6,8,12,14H,2,5,7,13H2,1H3. The molecule has 2 rings (SSSR count). The van der Waals surface area contributed by atoms with Crippen LogP contribution in [0.25, 0.3) is 0 Å². The highest BCUT2D eigenvalue weighted by Gasteiger charge is 2.18. The Morgan fingerprint density at radius 2 is 2.40 bits per heavy atom. The summed E-state index contributed by atoms with van der Waals surface area (Å²) in [5.41, 5.74) is 8.46. The van der Waals surface area contributed by atoms with E-state index in [-0.39, 0.29) is 6.04 Å². The van der Waals surface area contributed by atoms with E-state index in [0.717, 1.165) is 18.6 Å². The van der Waals surface area contributed by atoms with E-state index in [1.165, 1.54) is 11.1 Å². The highest BCUT2D eigenvalue weighted by atomic mass is 16.5. The first kappa shape index (κ1) is 10.5. The van der Waals surface area contributed by atoms with Gasteiger partial charge in [0.25, 0.3) is 0 Å². The fraction of sp³-hybridized carbons (Fsp3) is 0.500. The summed E-state index contributed by atoms with van der Waals surface area (Å²) < 4.78 is 5.44. The Morgan fingerprint density at radius 1 is 1.60 bits per heavy atom. The highest BCUT2D eigenvalue weighted by molar-refractivity contribution is 5.40. The zero-order chi connectivity index (χ0) is 10.8. The normalized spacial score (nSPS) is 21.1. The Balaban J connectivity index is 2.09. The van der Waals surface area contributed by atoms with Crippen LogP contribution >= 0.6 is 0 Å². The number of aliphatic hydroxyl groups excluding tert-OH is 1. The molecule has 2 unspecified atom stereocenters. The van der Waals surface area contributed by atoms with E-state index in [9.17, 15) is 0 Å². The topological polar surface area (TPSA) is 55.5 Å². The maximum atomic E-state index is 9.10. The number of hydrogen-bond acceptors (Lipinski definition) is 3. The fourth-order valence-corrected chi connectivity index (χ4v) is 1.93. The quantitative estimate of drug-likeness (QED) is 0.787. The van der Waals surface area contributed by atoms with Crippen molar-refractivity contribution < 1.29 is 9.84 Å². The van der Waals surface area contributed by atoms with Crippen LogP contribution in [0.4, 0.5) is 0 Å². The zero-order valence-electron chi connectivity index (χ0n) is 8.94. The first-order valence-electron chi connectivity index (χ1n) is 5.36. The molecular formula is C12H17NO2. The van der Waals surface area contributed by atoms with Crippen molar-refractivity contribution in [2.75, 3.05) is 6.61 Å². The summed E-state index contributed by atoms with van der Waals surface area (Å²) in [5.74, 6) is 0.823. The monoisotopic (exact) mass is 207 g/mol. The Bertz CT molecular complexity index is 349. The van der Waals surface area contributed by atoms with Crippen molar-refractivity contribution in [3.05, 3.63) is 29.3 Å². The maximum Gasteiger partial charge on any atom is 0.119 e. The third-order valence-electron chi connectivity index (χ3n) is 2.73. The lowest BCUT2D eigenvalue weighted by Gasteiger charge is -2.10. The molecule has 0 fully saturated rings. The van der Waals surface area contributed by atoms with Gasteiger partial charge in [0.1, 0.15) is 12.4 Å². The second-order valence-corrected chi connectivity index (χ2v) is 4.17. The molecular weight excluding hydrogens is 190 g/mol. The molecule has 1 aromatic rings. The molecule has 3 heteroatoms. The molecule has 1 aromatic carbocycles. The average molecular weight is 207 g/mol. The molecule has 0 spiro atoms. The second-order valence-electron chi connectivity index (χ2n) is 4.17. The zero-order valence-corrected chi connectivity index (χ0v) is 8.94. The third-order valence-corrected chi connectivity index (χ3v) is 2.73. The predicted octanol–water partition coefficient (Wildman–Crippen LogP) is 1.39. The summed E-state index contributed by atoms with van der Waals surface area (Å²) in [5, 5.41) is 9.10. The number of nitrogens with two attached hydrogens (primary N) is 1. The van der Waals surface area contributed by atoms with Crippen molar-refractivity contribution in [1.82, 2.24) is 0 Å².